The van der Waals surface area contributed by atoms with Crippen LogP contribution in [0.1, 0.15) is 25.2 Å². The summed E-state index contributed by atoms with van der Waals surface area (Å²) in [5.41, 5.74) is 2.02. The molecule has 0 aromatic carbocycles. The van der Waals surface area contributed by atoms with Crippen LogP contribution in [0.15, 0.2) is 0 Å². The quantitative estimate of drug-likeness (QED) is 0.692. The lowest BCUT2D eigenvalue weighted by molar-refractivity contribution is 0.180. The van der Waals surface area contributed by atoms with Crippen molar-refractivity contribution < 1.29 is 4.74 Å². The molecule has 0 amide bonds. The topological polar surface area (TPSA) is 30.3 Å². The van der Waals surface area contributed by atoms with Crippen molar-refractivity contribution in [3.8, 4) is 0 Å². The van der Waals surface area contributed by atoms with Gasteiger partial charge in [0, 0.05) is 26.7 Å². The Morgan fingerprint density at radius 1 is 1.42 bits per heavy atom. The van der Waals surface area contributed by atoms with Crippen LogP contribution in [0.3, 0.4) is 0 Å². The molecule has 0 aliphatic rings. The number of methoxy groups -OCH3 is 1. The van der Waals surface area contributed by atoms with Gasteiger partial charge in [-0.05, 0) is 20.4 Å². The van der Waals surface area contributed by atoms with Crippen LogP contribution >= 0.6 is 23.2 Å². The lowest BCUT2D eigenvalue weighted by Gasteiger charge is -2.20. The van der Waals surface area contributed by atoms with E-state index in [0.29, 0.717) is 6.61 Å². The van der Waals surface area contributed by atoms with Gasteiger partial charge in [0.2, 0.25) is 0 Å². The average molecular weight is 308 g/mol. The Hall–Kier alpha value is -0.290. The molecule has 4 nitrogen and oxygen atoms in total. The third-order valence-electron chi connectivity index (χ3n) is 2.97. The Kier molecular flexibility index (Phi) is 7.15. The van der Waals surface area contributed by atoms with Crippen LogP contribution in [0.2, 0.25) is 5.02 Å². The molecule has 0 radical (unpaired) electrons. The fourth-order valence-corrected chi connectivity index (χ4v) is 2.75. The molecule has 1 rings (SSSR count). The van der Waals surface area contributed by atoms with Crippen molar-refractivity contribution in [2.75, 3.05) is 27.3 Å². The number of alkyl halides is 1. The molecule has 19 heavy (non-hydrogen) atoms. The molecule has 1 atom stereocenters. The molecular weight excluding hydrogens is 285 g/mol. The summed E-state index contributed by atoms with van der Waals surface area (Å²) in [6.07, 6.45) is 0.852. The Balaban J connectivity index is 2.72. The van der Waals surface area contributed by atoms with E-state index in [4.69, 9.17) is 27.9 Å². The lowest BCUT2D eigenvalue weighted by atomic mass is 10.3. The standard InChI is InChI=1S/C13H23Cl2N3O/c1-5-11-13(15)12(18(6-2)16-11)8-17(3)7-10(14)9-19-4/h10H,5-9H2,1-4H3. The highest BCUT2D eigenvalue weighted by Crippen LogP contribution is 2.23. The number of nitrogens with zero attached hydrogens (tertiary/aromatic N) is 3. The normalized spacial score (nSPS) is 13.2. The molecule has 0 saturated heterocycles. The fourth-order valence-electron chi connectivity index (χ4n) is 2.06. The van der Waals surface area contributed by atoms with Gasteiger partial charge in [-0.25, -0.2) is 0 Å². The predicted molar refractivity (Wildman–Crippen MR) is 80.1 cm³/mol. The zero-order chi connectivity index (χ0) is 14.4. The van der Waals surface area contributed by atoms with E-state index in [1.165, 1.54) is 0 Å². The monoisotopic (exact) mass is 307 g/mol. The van der Waals surface area contributed by atoms with Gasteiger partial charge in [0.1, 0.15) is 0 Å². The van der Waals surface area contributed by atoms with Gasteiger partial charge in [0.15, 0.2) is 0 Å². The van der Waals surface area contributed by atoms with E-state index in [-0.39, 0.29) is 5.38 Å². The molecule has 0 fully saturated rings. The second-order valence-corrected chi connectivity index (χ2v) is 5.62. The molecule has 110 valence electrons. The summed E-state index contributed by atoms with van der Waals surface area (Å²) in [7, 11) is 3.69. The van der Waals surface area contributed by atoms with Crippen molar-refractivity contribution in [2.24, 2.45) is 0 Å². The van der Waals surface area contributed by atoms with Gasteiger partial charge in [-0.1, -0.05) is 18.5 Å². The SMILES string of the molecule is CCc1nn(CC)c(CN(C)CC(Cl)COC)c1Cl. The van der Waals surface area contributed by atoms with E-state index in [1.807, 2.05) is 11.7 Å². The van der Waals surface area contributed by atoms with Gasteiger partial charge < -0.3 is 4.74 Å². The van der Waals surface area contributed by atoms with Crippen molar-refractivity contribution in [3.05, 3.63) is 16.4 Å². The zero-order valence-corrected chi connectivity index (χ0v) is 13.6. The van der Waals surface area contributed by atoms with E-state index in [1.54, 1.807) is 7.11 Å². The molecule has 1 heterocycles. The highest BCUT2D eigenvalue weighted by atomic mass is 35.5. The van der Waals surface area contributed by atoms with Gasteiger partial charge in [0.05, 0.1) is 28.4 Å². The van der Waals surface area contributed by atoms with Crippen LogP contribution in [-0.2, 0) is 24.2 Å². The van der Waals surface area contributed by atoms with E-state index < -0.39 is 0 Å². The minimum absolute atomic E-state index is 0.0163. The van der Waals surface area contributed by atoms with E-state index >= 15 is 0 Å². The van der Waals surface area contributed by atoms with E-state index in [0.717, 1.165) is 42.5 Å². The van der Waals surface area contributed by atoms with Gasteiger partial charge >= 0.3 is 0 Å². The van der Waals surface area contributed by atoms with E-state index in [2.05, 4.69) is 23.8 Å². The Morgan fingerprint density at radius 2 is 2.11 bits per heavy atom. The third kappa shape index (κ3) is 4.63. The van der Waals surface area contributed by atoms with E-state index in [9.17, 15) is 0 Å². The number of aryl methyl sites for hydroxylation is 2. The molecule has 0 aliphatic carbocycles. The second kappa shape index (κ2) is 8.10. The largest absolute Gasteiger partial charge is 0.383 e. The van der Waals surface area contributed by atoms with Crippen molar-refractivity contribution in [3.63, 3.8) is 0 Å². The number of halogens is 2. The van der Waals surface area contributed by atoms with Crippen LogP contribution in [0.25, 0.3) is 0 Å². The van der Waals surface area contributed by atoms with Crippen LogP contribution < -0.4 is 0 Å². The number of hydrogen-bond acceptors (Lipinski definition) is 3. The molecule has 1 unspecified atom stereocenters. The number of ether oxygens (including phenoxy) is 1. The average Bonchev–Trinajstić information content (AvgIpc) is 2.66. The number of rotatable bonds is 8. The maximum atomic E-state index is 6.38. The maximum absolute atomic E-state index is 6.38. The van der Waals surface area contributed by atoms with Crippen LogP contribution in [0.5, 0.6) is 0 Å². The minimum atomic E-state index is -0.0163. The first-order valence-corrected chi connectivity index (χ1v) is 7.40. The predicted octanol–water partition coefficient (Wildman–Crippen LogP) is 2.80. The Labute approximate surface area is 125 Å². The van der Waals surface area contributed by atoms with Crippen molar-refractivity contribution in [2.45, 2.75) is 38.7 Å². The summed E-state index contributed by atoms with van der Waals surface area (Å²) >= 11 is 12.5. The molecular formula is C13H23Cl2N3O. The molecule has 6 heteroatoms. The molecule has 0 bridgehead atoms. The molecule has 0 N–H and O–H groups in total. The van der Waals surface area contributed by atoms with Gasteiger partial charge in [-0.15, -0.1) is 11.6 Å². The highest BCUT2D eigenvalue weighted by molar-refractivity contribution is 6.31. The van der Waals surface area contributed by atoms with Crippen molar-refractivity contribution in [1.82, 2.24) is 14.7 Å². The fraction of sp³-hybridized carbons (Fsp3) is 0.769. The maximum Gasteiger partial charge on any atom is 0.0863 e. The first-order chi connectivity index (χ1) is 9.03. The third-order valence-corrected chi connectivity index (χ3v) is 3.67. The Morgan fingerprint density at radius 3 is 2.63 bits per heavy atom. The highest BCUT2D eigenvalue weighted by Gasteiger charge is 2.17. The van der Waals surface area contributed by atoms with Gasteiger partial charge in [-0.2, -0.15) is 5.10 Å². The minimum Gasteiger partial charge on any atom is -0.383 e. The van der Waals surface area contributed by atoms with Crippen molar-refractivity contribution in [1.29, 1.82) is 0 Å². The zero-order valence-electron chi connectivity index (χ0n) is 12.1. The summed E-state index contributed by atoms with van der Waals surface area (Å²) in [5.74, 6) is 0. The molecule has 0 aliphatic heterocycles. The smallest absolute Gasteiger partial charge is 0.0863 e. The van der Waals surface area contributed by atoms with Crippen molar-refractivity contribution >= 4 is 23.2 Å². The summed E-state index contributed by atoms with van der Waals surface area (Å²) in [6, 6.07) is 0. The number of aromatic nitrogens is 2. The molecule has 1 aromatic rings. The second-order valence-electron chi connectivity index (χ2n) is 4.63. The van der Waals surface area contributed by atoms with Crippen LogP contribution in [-0.4, -0.2) is 47.4 Å². The van der Waals surface area contributed by atoms with Gasteiger partial charge in [0.25, 0.3) is 0 Å². The summed E-state index contributed by atoms with van der Waals surface area (Å²) in [5, 5.41) is 5.29. The lowest BCUT2D eigenvalue weighted by Crippen LogP contribution is -2.29. The molecule has 0 saturated carbocycles. The molecule has 1 aromatic heterocycles. The van der Waals surface area contributed by atoms with Crippen LogP contribution in [0.4, 0.5) is 0 Å². The van der Waals surface area contributed by atoms with Crippen LogP contribution in [0, 0.1) is 0 Å². The first-order valence-electron chi connectivity index (χ1n) is 6.59. The molecule has 0 spiro atoms. The first kappa shape index (κ1) is 16.8. The van der Waals surface area contributed by atoms with Gasteiger partial charge in [-0.3, -0.25) is 9.58 Å². The summed E-state index contributed by atoms with van der Waals surface area (Å²) < 4.78 is 7.01. The summed E-state index contributed by atoms with van der Waals surface area (Å²) in [4.78, 5) is 2.14. The Bertz CT molecular complexity index is 395. The summed E-state index contributed by atoms with van der Waals surface area (Å²) in [6.45, 7) is 7.00. The number of hydrogen-bond donors (Lipinski definition) is 0.